The van der Waals surface area contributed by atoms with E-state index in [4.69, 9.17) is 10.5 Å². The Bertz CT molecular complexity index is 398. The highest BCUT2D eigenvalue weighted by molar-refractivity contribution is 5.70. The molecule has 0 amide bonds. The van der Waals surface area contributed by atoms with Gasteiger partial charge in [0.15, 0.2) is 0 Å². The molecule has 3 rings (SSSR count). The van der Waals surface area contributed by atoms with Crippen LogP contribution in [0.4, 0.5) is 11.4 Å². The number of nitrogens with two attached hydrogens (primary N) is 1. The summed E-state index contributed by atoms with van der Waals surface area (Å²) in [5.74, 6) is 0. The first kappa shape index (κ1) is 10.8. The van der Waals surface area contributed by atoms with Crippen LogP contribution in [-0.4, -0.2) is 31.3 Å². The standard InChI is InChI=1S/C13H19N3O/c1-10-6-15-7-11(14)12(10)16-4-2-13(3-5-16)8-17-9-13/h6-7H,2-5,8-9,14H2,1H3. The lowest BCUT2D eigenvalue weighted by atomic mass is 9.76. The summed E-state index contributed by atoms with van der Waals surface area (Å²) in [5.41, 5.74) is 9.66. The molecule has 92 valence electrons. The average Bonchev–Trinajstić information content (AvgIpc) is 2.28. The zero-order valence-electron chi connectivity index (χ0n) is 10.3. The van der Waals surface area contributed by atoms with E-state index in [-0.39, 0.29) is 0 Å². The number of nitrogen functional groups attached to an aromatic ring is 1. The van der Waals surface area contributed by atoms with Crippen molar-refractivity contribution in [2.75, 3.05) is 36.9 Å². The minimum absolute atomic E-state index is 0.478. The minimum atomic E-state index is 0.478. The van der Waals surface area contributed by atoms with Gasteiger partial charge in [0, 0.05) is 24.7 Å². The molecule has 1 aromatic rings. The van der Waals surface area contributed by atoms with Crippen LogP contribution in [0.15, 0.2) is 12.4 Å². The summed E-state index contributed by atoms with van der Waals surface area (Å²) in [4.78, 5) is 6.52. The van der Waals surface area contributed by atoms with E-state index in [1.54, 1.807) is 6.20 Å². The van der Waals surface area contributed by atoms with Crippen molar-refractivity contribution >= 4 is 11.4 Å². The number of pyridine rings is 1. The second-order valence-electron chi connectivity index (χ2n) is 5.37. The molecule has 0 saturated carbocycles. The average molecular weight is 233 g/mol. The predicted octanol–water partition coefficient (Wildman–Crippen LogP) is 1.59. The van der Waals surface area contributed by atoms with E-state index < -0.39 is 0 Å². The molecule has 0 unspecified atom stereocenters. The highest BCUT2D eigenvalue weighted by atomic mass is 16.5. The fourth-order valence-electron chi connectivity index (χ4n) is 2.90. The number of anilines is 2. The Hall–Kier alpha value is -1.29. The molecule has 4 nitrogen and oxygen atoms in total. The van der Waals surface area contributed by atoms with Crippen molar-refractivity contribution in [3.05, 3.63) is 18.0 Å². The van der Waals surface area contributed by atoms with Crippen LogP contribution in [0, 0.1) is 12.3 Å². The van der Waals surface area contributed by atoms with Crippen molar-refractivity contribution in [2.24, 2.45) is 5.41 Å². The molecule has 0 aromatic carbocycles. The van der Waals surface area contributed by atoms with Gasteiger partial charge in [-0.05, 0) is 25.3 Å². The second-order valence-corrected chi connectivity index (χ2v) is 5.37. The number of aromatic nitrogens is 1. The van der Waals surface area contributed by atoms with E-state index >= 15 is 0 Å². The van der Waals surface area contributed by atoms with Gasteiger partial charge in [0.05, 0.1) is 30.8 Å². The minimum Gasteiger partial charge on any atom is -0.396 e. The van der Waals surface area contributed by atoms with Crippen LogP contribution in [0.5, 0.6) is 0 Å². The highest BCUT2D eigenvalue weighted by Gasteiger charge is 2.41. The first-order valence-corrected chi connectivity index (χ1v) is 6.23. The summed E-state index contributed by atoms with van der Waals surface area (Å²) in [5, 5.41) is 0. The zero-order valence-corrected chi connectivity index (χ0v) is 10.3. The van der Waals surface area contributed by atoms with Crippen LogP contribution in [0.25, 0.3) is 0 Å². The number of rotatable bonds is 1. The summed E-state index contributed by atoms with van der Waals surface area (Å²) in [6.45, 7) is 6.14. The van der Waals surface area contributed by atoms with Gasteiger partial charge in [0.1, 0.15) is 0 Å². The topological polar surface area (TPSA) is 51.4 Å². The summed E-state index contributed by atoms with van der Waals surface area (Å²) in [6.07, 6.45) is 6.07. The maximum atomic E-state index is 6.04. The monoisotopic (exact) mass is 233 g/mol. The largest absolute Gasteiger partial charge is 0.396 e. The molecule has 0 bridgehead atoms. The Kier molecular flexibility index (Phi) is 2.47. The Balaban J connectivity index is 1.78. The molecule has 17 heavy (non-hydrogen) atoms. The molecular weight excluding hydrogens is 214 g/mol. The number of piperidine rings is 1. The van der Waals surface area contributed by atoms with Crippen molar-refractivity contribution in [3.8, 4) is 0 Å². The normalized spacial score (nSPS) is 22.5. The van der Waals surface area contributed by atoms with Gasteiger partial charge in [-0.3, -0.25) is 4.98 Å². The highest BCUT2D eigenvalue weighted by Crippen LogP contribution is 2.40. The van der Waals surface area contributed by atoms with Crippen LogP contribution < -0.4 is 10.6 Å². The third kappa shape index (κ3) is 1.76. The molecule has 2 aliphatic rings. The van der Waals surface area contributed by atoms with E-state index in [1.165, 1.54) is 24.1 Å². The predicted molar refractivity (Wildman–Crippen MR) is 68.1 cm³/mol. The van der Waals surface area contributed by atoms with Crippen LogP contribution >= 0.6 is 0 Å². The van der Waals surface area contributed by atoms with Crippen LogP contribution in [0.2, 0.25) is 0 Å². The maximum absolute atomic E-state index is 6.04. The molecule has 2 N–H and O–H groups in total. The Morgan fingerprint density at radius 1 is 1.29 bits per heavy atom. The molecule has 0 radical (unpaired) electrons. The number of aryl methyl sites for hydroxylation is 1. The van der Waals surface area contributed by atoms with E-state index in [2.05, 4.69) is 16.8 Å². The molecule has 0 atom stereocenters. The number of ether oxygens (including phenoxy) is 1. The van der Waals surface area contributed by atoms with Crippen molar-refractivity contribution < 1.29 is 4.74 Å². The molecular formula is C13H19N3O. The second kappa shape index (κ2) is 3.88. The molecule has 0 aliphatic carbocycles. The van der Waals surface area contributed by atoms with Gasteiger partial charge in [-0.25, -0.2) is 0 Å². The maximum Gasteiger partial charge on any atom is 0.0741 e. The van der Waals surface area contributed by atoms with Crippen LogP contribution in [-0.2, 0) is 4.74 Å². The van der Waals surface area contributed by atoms with Gasteiger partial charge in [-0.2, -0.15) is 0 Å². The number of hydrogen-bond acceptors (Lipinski definition) is 4. The van der Waals surface area contributed by atoms with Crippen molar-refractivity contribution in [2.45, 2.75) is 19.8 Å². The number of hydrogen-bond donors (Lipinski definition) is 1. The molecule has 2 fully saturated rings. The Labute approximate surface area is 102 Å². The van der Waals surface area contributed by atoms with E-state index in [1.807, 2.05) is 6.20 Å². The molecule has 1 aromatic heterocycles. The first-order valence-electron chi connectivity index (χ1n) is 6.23. The van der Waals surface area contributed by atoms with Crippen molar-refractivity contribution in [3.63, 3.8) is 0 Å². The third-order valence-electron chi connectivity index (χ3n) is 4.09. The fourth-order valence-corrected chi connectivity index (χ4v) is 2.90. The summed E-state index contributed by atoms with van der Waals surface area (Å²) < 4.78 is 5.35. The van der Waals surface area contributed by atoms with Gasteiger partial charge in [0.2, 0.25) is 0 Å². The SMILES string of the molecule is Cc1cncc(N)c1N1CCC2(CC1)COC2. The summed E-state index contributed by atoms with van der Waals surface area (Å²) in [7, 11) is 0. The van der Waals surface area contributed by atoms with E-state index in [0.717, 1.165) is 32.0 Å². The zero-order chi connectivity index (χ0) is 11.9. The molecule has 4 heteroatoms. The first-order chi connectivity index (χ1) is 8.20. The van der Waals surface area contributed by atoms with E-state index in [9.17, 15) is 0 Å². The van der Waals surface area contributed by atoms with Crippen molar-refractivity contribution in [1.29, 1.82) is 0 Å². The number of nitrogens with zero attached hydrogens (tertiary/aromatic N) is 2. The van der Waals surface area contributed by atoms with Gasteiger partial charge in [0.25, 0.3) is 0 Å². The summed E-state index contributed by atoms with van der Waals surface area (Å²) >= 11 is 0. The van der Waals surface area contributed by atoms with Crippen LogP contribution in [0.1, 0.15) is 18.4 Å². The summed E-state index contributed by atoms with van der Waals surface area (Å²) in [6, 6.07) is 0. The molecule has 1 spiro atoms. The van der Waals surface area contributed by atoms with Gasteiger partial charge >= 0.3 is 0 Å². The fraction of sp³-hybridized carbons (Fsp3) is 0.615. The molecule has 2 saturated heterocycles. The lowest BCUT2D eigenvalue weighted by molar-refractivity contribution is -0.124. The Morgan fingerprint density at radius 2 is 2.00 bits per heavy atom. The lowest BCUT2D eigenvalue weighted by Crippen LogP contribution is -2.51. The smallest absolute Gasteiger partial charge is 0.0741 e. The lowest BCUT2D eigenvalue weighted by Gasteiger charge is -2.48. The quantitative estimate of drug-likeness (QED) is 0.800. The van der Waals surface area contributed by atoms with Gasteiger partial charge in [-0.1, -0.05) is 0 Å². The van der Waals surface area contributed by atoms with Gasteiger partial charge < -0.3 is 15.4 Å². The molecule has 3 heterocycles. The van der Waals surface area contributed by atoms with Gasteiger partial charge in [-0.15, -0.1) is 0 Å². The third-order valence-corrected chi connectivity index (χ3v) is 4.09. The van der Waals surface area contributed by atoms with Crippen LogP contribution in [0.3, 0.4) is 0 Å². The molecule has 2 aliphatic heterocycles. The Morgan fingerprint density at radius 3 is 2.53 bits per heavy atom. The van der Waals surface area contributed by atoms with Crippen molar-refractivity contribution in [1.82, 2.24) is 4.98 Å². The van der Waals surface area contributed by atoms with E-state index in [0.29, 0.717) is 5.41 Å².